The third-order valence-electron chi connectivity index (χ3n) is 22.3. The van der Waals surface area contributed by atoms with Gasteiger partial charge in [-0.3, -0.25) is 14.1 Å². The molecule has 110 heavy (non-hydrogen) atoms. The predicted octanol–water partition coefficient (Wildman–Crippen LogP) is 24.5. The van der Waals surface area contributed by atoms with E-state index in [4.69, 9.17) is 34.9 Å². The molecule has 0 radical (unpaired) electrons. The maximum absolute atomic E-state index is 5.32. The van der Waals surface area contributed by atoms with Crippen LogP contribution in [0.15, 0.2) is 358 Å². The van der Waals surface area contributed by atoms with E-state index in [1.165, 1.54) is 108 Å². The zero-order valence-corrected chi connectivity index (χ0v) is 59.0. The number of nitrogens with zero attached hydrogens (tertiary/aromatic N) is 11. The molecule has 0 atom stereocenters. The van der Waals surface area contributed by atoms with Gasteiger partial charge in [-0.2, -0.15) is 19.9 Å². The number of pyridine rings is 1. The molecule has 0 aliphatic heterocycles. The van der Waals surface area contributed by atoms with Crippen molar-refractivity contribution < 1.29 is 0 Å². The summed E-state index contributed by atoms with van der Waals surface area (Å²) in [5.41, 5.74) is 16.7. The van der Waals surface area contributed by atoms with Crippen LogP contribution in [-0.2, 0) is 0 Å². The van der Waals surface area contributed by atoms with E-state index in [-0.39, 0.29) is 0 Å². The zero-order valence-electron chi connectivity index (χ0n) is 59.0. The molecule has 17 aromatic carbocycles. The Kier molecular flexibility index (Phi) is 13.5. The van der Waals surface area contributed by atoms with Crippen LogP contribution in [0.25, 0.3) is 221 Å². The first-order valence-electron chi connectivity index (χ1n) is 37.1. The molecule has 24 rings (SSSR count). The van der Waals surface area contributed by atoms with Crippen molar-refractivity contribution in [3.63, 3.8) is 0 Å². The van der Waals surface area contributed by atoms with Crippen LogP contribution in [-0.4, -0.2) is 53.2 Å². The molecule has 0 spiro atoms. The summed E-state index contributed by atoms with van der Waals surface area (Å²) >= 11 is 0. The topological polar surface area (TPSA) is 110 Å². The standard InChI is InChI=1S/C50H30N6.C49H29N5/c1-4-14-31(15-5-1)39-27-26-33(30-51-39)49-52-48(32-16-6-2-7-17-32)53-50(54-49)56-41-25-13-23-38-36-21-11-10-20-35(36)37-22-12-24-40-44(37)46-42(28-29-43(56)47(46)45(38)41)55(40)34-18-8-3-9-19-34;1-3-14-31(15-4-1)47-50-48(33-26-25-30-13-7-8-16-32(30)29-33)52-49(51-47)54-40-24-12-22-38-36-20-10-9-19-35(36)37-21-11-23-39-43(37)45-41(27-28-42(54)46(45)44(38)40)53(39)34-17-5-2-6-18-34/h1-30H;1-29H. The third-order valence-corrected chi connectivity index (χ3v) is 22.3. The molecule has 0 aliphatic rings. The van der Waals surface area contributed by atoms with Crippen LogP contribution in [0, 0.1) is 0 Å². The van der Waals surface area contributed by atoms with Gasteiger partial charge in [-0.05, 0) is 145 Å². The summed E-state index contributed by atoms with van der Waals surface area (Å²) in [6.07, 6.45) is 1.86. The Hall–Kier alpha value is -15.1. The molecule has 0 bridgehead atoms. The Morgan fingerprint density at radius 2 is 0.491 bits per heavy atom. The number of benzene rings is 15. The number of aromatic nitrogens is 11. The van der Waals surface area contributed by atoms with Crippen LogP contribution in [0.5, 0.6) is 0 Å². The molecular weight excluding hydrogens is 1340 g/mol. The van der Waals surface area contributed by atoms with E-state index >= 15 is 0 Å². The van der Waals surface area contributed by atoms with Gasteiger partial charge < -0.3 is 9.13 Å². The fraction of sp³-hybridized carbons (Fsp3) is 0. The van der Waals surface area contributed by atoms with Gasteiger partial charge in [0.25, 0.3) is 0 Å². The SMILES string of the molecule is c1ccc(-c2ccc(-c3nc(-c4ccccc4)nc(-n4c5cccc6c7ccccc7c7cccc8c7c7c(c65)c4ccc7n8-c4ccccc4)n3)cn2)cc1.c1ccc(-c2nc(-c3ccc4ccccc4c3)nc(-n3c4cccc5c6ccccc6c6cccc7c6c6c(c54)c3ccc6n7-c3ccccc3)n2)cc1. The lowest BCUT2D eigenvalue weighted by atomic mass is 9.95. The molecule has 7 aromatic heterocycles. The van der Waals surface area contributed by atoms with Gasteiger partial charge >= 0.3 is 0 Å². The van der Waals surface area contributed by atoms with Gasteiger partial charge in [-0.25, -0.2) is 9.97 Å². The lowest BCUT2D eigenvalue weighted by molar-refractivity contribution is 0.952. The zero-order chi connectivity index (χ0) is 72.1. The molecule has 7 heterocycles. The minimum absolute atomic E-state index is 0.553. The van der Waals surface area contributed by atoms with Gasteiger partial charge in [0, 0.05) is 88.5 Å². The molecule has 24 aromatic rings. The summed E-state index contributed by atoms with van der Waals surface area (Å²) in [5.74, 6) is 3.57. The molecule has 0 N–H and O–H groups in total. The van der Waals surface area contributed by atoms with E-state index < -0.39 is 0 Å². The maximum atomic E-state index is 5.32. The Labute approximate surface area is 628 Å². The van der Waals surface area contributed by atoms with Gasteiger partial charge in [-0.1, -0.05) is 261 Å². The molecule has 0 aliphatic carbocycles. The van der Waals surface area contributed by atoms with Crippen molar-refractivity contribution in [2.24, 2.45) is 0 Å². The quantitative estimate of drug-likeness (QED) is 0.142. The van der Waals surface area contributed by atoms with Crippen LogP contribution in [0.3, 0.4) is 0 Å². The first-order valence-corrected chi connectivity index (χ1v) is 37.1. The molecule has 0 unspecified atom stereocenters. The van der Waals surface area contributed by atoms with Gasteiger partial charge in [0.05, 0.1) is 49.8 Å². The van der Waals surface area contributed by atoms with E-state index in [1.807, 2.05) is 79.0 Å². The lowest BCUT2D eigenvalue weighted by Gasteiger charge is -2.11. The monoisotopic (exact) mass is 1400 g/mol. The lowest BCUT2D eigenvalue weighted by Crippen LogP contribution is -2.06. The smallest absolute Gasteiger partial charge is 0.238 e. The second-order valence-corrected chi connectivity index (χ2v) is 28.3. The first-order chi connectivity index (χ1) is 54.6. The van der Waals surface area contributed by atoms with E-state index in [1.54, 1.807) is 0 Å². The van der Waals surface area contributed by atoms with Gasteiger partial charge in [-0.15, -0.1) is 0 Å². The number of para-hydroxylation sites is 2. The van der Waals surface area contributed by atoms with Crippen LogP contribution < -0.4 is 0 Å². The molecule has 0 fully saturated rings. The highest BCUT2D eigenvalue weighted by atomic mass is 15.2. The van der Waals surface area contributed by atoms with Crippen LogP contribution in [0.2, 0.25) is 0 Å². The molecular formula is C99H59N11. The highest BCUT2D eigenvalue weighted by molar-refractivity contribution is 6.41. The average Bonchev–Trinajstić information content (AvgIpc) is 1.53. The summed E-state index contributed by atoms with van der Waals surface area (Å²) < 4.78 is 9.32. The second kappa shape index (κ2) is 24.2. The van der Waals surface area contributed by atoms with E-state index in [0.717, 1.165) is 77.9 Å². The Bertz CT molecular complexity index is 7800. The van der Waals surface area contributed by atoms with Crippen molar-refractivity contribution in [2.75, 3.05) is 0 Å². The van der Waals surface area contributed by atoms with Crippen LogP contribution in [0.1, 0.15) is 0 Å². The summed E-state index contributed by atoms with van der Waals surface area (Å²) in [6, 6.07) is 124. The van der Waals surface area contributed by atoms with Crippen molar-refractivity contribution >= 4 is 141 Å². The summed E-state index contributed by atoms with van der Waals surface area (Å²) in [6.45, 7) is 0. The molecule has 0 saturated carbocycles. The van der Waals surface area contributed by atoms with E-state index in [2.05, 4.69) is 297 Å². The van der Waals surface area contributed by atoms with Crippen LogP contribution >= 0.6 is 0 Å². The van der Waals surface area contributed by atoms with Crippen molar-refractivity contribution in [1.82, 2.24) is 53.2 Å². The minimum atomic E-state index is 0.553. The number of hydrogen-bond donors (Lipinski definition) is 0. The molecule has 0 saturated heterocycles. The first kappa shape index (κ1) is 61.3. The maximum Gasteiger partial charge on any atom is 0.238 e. The molecule has 11 heteroatoms. The average molecular weight is 1400 g/mol. The summed E-state index contributed by atoms with van der Waals surface area (Å²) in [7, 11) is 0. The summed E-state index contributed by atoms with van der Waals surface area (Å²) in [5, 5.41) is 21.7. The molecule has 0 amide bonds. The van der Waals surface area contributed by atoms with Gasteiger partial charge in [0.2, 0.25) is 11.9 Å². The second-order valence-electron chi connectivity index (χ2n) is 28.3. The fourth-order valence-corrected chi connectivity index (χ4v) is 17.6. The Morgan fingerprint density at radius 1 is 0.182 bits per heavy atom. The Balaban J connectivity index is 0.000000132. The minimum Gasteiger partial charge on any atom is -0.309 e. The highest BCUT2D eigenvalue weighted by Crippen LogP contribution is 2.50. The van der Waals surface area contributed by atoms with Crippen molar-refractivity contribution in [1.29, 1.82) is 0 Å². The third kappa shape index (κ3) is 9.28. The number of rotatable bonds is 9. The van der Waals surface area contributed by atoms with Crippen molar-refractivity contribution in [3.05, 3.63) is 358 Å². The number of fused-ring (bicyclic) bond motifs is 7. The number of hydrogen-bond acceptors (Lipinski definition) is 7. The normalized spacial score (nSPS) is 12.0. The van der Waals surface area contributed by atoms with Crippen molar-refractivity contribution in [2.45, 2.75) is 0 Å². The largest absolute Gasteiger partial charge is 0.309 e. The highest BCUT2D eigenvalue weighted by Gasteiger charge is 2.29. The van der Waals surface area contributed by atoms with E-state index in [0.29, 0.717) is 35.2 Å². The van der Waals surface area contributed by atoms with Gasteiger partial charge in [0.15, 0.2) is 23.3 Å². The van der Waals surface area contributed by atoms with Crippen molar-refractivity contribution in [3.8, 4) is 80.1 Å². The van der Waals surface area contributed by atoms with Crippen LogP contribution in [0.4, 0.5) is 0 Å². The fourth-order valence-electron chi connectivity index (χ4n) is 17.6. The Morgan fingerprint density at radius 3 is 0.891 bits per heavy atom. The molecule has 11 nitrogen and oxygen atoms in total. The van der Waals surface area contributed by atoms with E-state index in [9.17, 15) is 0 Å². The molecule has 510 valence electrons. The predicted molar refractivity (Wildman–Crippen MR) is 452 cm³/mol. The van der Waals surface area contributed by atoms with Gasteiger partial charge in [0.1, 0.15) is 0 Å². The summed E-state index contributed by atoms with van der Waals surface area (Å²) in [4.78, 5) is 36.2.